The fourth-order valence-corrected chi connectivity index (χ4v) is 0.458. The Morgan fingerprint density at radius 2 is 2.00 bits per heavy atom. The van der Waals surface area contributed by atoms with Gasteiger partial charge in [-0.3, -0.25) is 0 Å². The van der Waals surface area contributed by atoms with Crippen LogP contribution in [0.25, 0.3) is 0 Å². The van der Waals surface area contributed by atoms with Gasteiger partial charge in [0.1, 0.15) is 0 Å². The number of halogens is 1. The molecule has 0 aromatic heterocycles. The molecule has 0 nitrogen and oxygen atoms in total. The molecule has 36 valence electrons. The zero-order chi connectivity index (χ0) is 6.85. The molecular formula is C6H5Cl. The van der Waals surface area contributed by atoms with E-state index < -0.39 is 0 Å². The SMILES string of the molecule is [2H]c1cc([2H])cc(Cl)c1. The van der Waals surface area contributed by atoms with Gasteiger partial charge in [-0.05, 0) is 12.1 Å². The topological polar surface area (TPSA) is 0 Å². The van der Waals surface area contributed by atoms with E-state index in [2.05, 4.69) is 0 Å². The minimum Gasteiger partial charge on any atom is -0.0843 e. The van der Waals surface area contributed by atoms with Gasteiger partial charge in [0.2, 0.25) is 0 Å². The van der Waals surface area contributed by atoms with E-state index in [0.29, 0.717) is 5.02 Å². The smallest absolute Gasteiger partial charge is 0.0623 e. The minimum absolute atomic E-state index is 0.285. The van der Waals surface area contributed by atoms with Crippen LogP contribution in [-0.2, 0) is 0 Å². The van der Waals surface area contributed by atoms with Gasteiger partial charge in [0.05, 0.1) is 2.74 Å². The molecule has 7 heavy (non-hydrogen) atoms. The number of hydrogen-bond acceptors (Lipinski definition) is 0. The lowest BCUT2D eigenvalue weighted by molar-refractivity contribution is 1.71. The Hall–Kier alpha value is -0.490. The zero-order valence-corrected chi connectivity index (χ0v) is 4.37. The van der Waals surface area contributed by atoms with E-state index in [1.54, 1.807) is 0 Å². The molecule has 0 atom stereocenters. The predicted molar refractivity (Wildman–Crippen MR) is 31.5 cm³/mol. The first-order valence-corrected chi connectivity index (χ1v) is 2.30. The predicted octanol–water partition coefficient (Wildman–Crippen LogP) is 2.34. The summed E-state index contributed by atoms with van der Waals surface area (Å²) < 4.78 is 14.1. The first-order valence-electron chi connectivity index (χ1n) is 2.92. The maximum Gasteiger partial charge on any atom is 0.0623 e. The molecule has 0 aliphatic heterocycles. The summed E-state index contributed by atoms with van der Waals surface area (Å²) in [5, 5.41) is 0.451. The monoisotopic (exact) mass is 114 g/mol. The van der Waals surface area contributed by atoms with Gasteiger partial charge >= 0.3 is 0 Å². The van der Waals surface area contributed by atoms with Crippen LogP contribution in [0.2, 0.25) is 5.02 Å². The second-order valence-electron chi connectivity index (χ2n) is 1.15. The molecule has 1 rings (SSSR count). The second-order valence-corrected chi connectivity index (χ2v) is 1.59. The van der Waals surface area contributed by atoms with E-state index in [-0.39, 0.29) is 12.1 Å². The van der Waals surface area contributed by atoms with Crippen LogP contribution < -0.4 is 0 Å². The second kappa shape index (κ2) is 1.99. The van der Waals surface area contributed by atoms with Gasteiger partial charge in [-0.25, -0.2) is 0 Å². The van der Waals surface area contributed by atoms with Gasteiger partial charge in [0.25, 0.3) is 0 Å². The molecular weight excluding hydrogens is 108 g/mol. The molecule has 0 N–H and O–H groups in total. The largest absolute Gasteiger partial charge is 0.0843 e. The standard InChI is InChI=1S/C6H5Cl/c7-6-4-2-1-3-5-6/h1-5H/i2D,3D. The van der Waals surface area contributed by atoms with Gasteiger partial charge in [-0.1, -0.05) is 29.8 Å². The molecule has 0 saturated heterocycles. The highest BCUT2D eigenvalue weighted by Gasteiger charge is 1.74. The van der Waals surface area contributed by atoms with Crippen LogP contribution in [0.5, 0.6) is 0 Å². The van der Waals surface area contributed by atoms with Crippen LogP contribution in [0, 0.1) is 0 Å². The van der Waals surface area contributed by atoms with Crippen LogP contribution in [0.4, 0.5) is 0 Å². The maximum atomic E-state index is 7.07. The number of rotatable bonds is 0. The van der Waals surface area contributed by atoms with Crippen molar-refractivity contribution in [3.8, 4) is 0 Å². The highest BCUT2D eigenvalue weighted by molar-refractivity contribution is 6.30. The lowest BCUT2D eigenvalue weighted by Gasteiger charge is -1.80. The van der Waals surface area contributed by atoms with Crippen molar-refractivity contribution >= 4 is 11.6 Å². The molecule has 0 saturated carbocycles. The fourth-order valence-electron chi connectivity index (χ4n) is 0.332. The van der Waals surface area contributed by atoms with Crippen LogP contribution in [0.3, 0.4) is 0 Å². The van der Waals surface area contributed by atoms with Crippen molar-refractivity contribution in [2.75, 3.05) is 0 Å². The van der Waals surface area contributed by atoms with E-state index in [4.69, 9.17) is 14.3 Å². The summed E-state index contributed by atoms with van der Waals surface area (Å²) in [6.07, 6.45) is 0. The van der Waals surface area contributed by atoms with Crippen LogP contribution >= 0.6 is 11.6 Å². The summed E-state index contributed by atoms with van der Waals surface area (Å²) in [5.74, 6) is 0. The number of benzene rings is 1. The third-order valence-corrected chi connectivity index (χ3v) is 0.827. The van der Waals surface area contributed by atoms with Crippen LogP contribution in [0.1, 0.15) is 2.74 Å². The maximum absolute atomic E-state index is 7.07. The van der Waals surface area contributed by atoms with Crippen molar-refractivity contribution in [2.45, 2.75) is 0 Å². The van der Waals surface area contributed by atoms with Crippen molar-refractivity contribution in [3.05, 3.63) is 35.3 Å². The van der Waals surface area contributed by atoms with Gasteiger partial charge in [-0.2, -0.15) is 0 Å². The molecule has 0 spiro atoms. The number of hydrogen-bond donors (Lipinski definition) is 0. The lowest BCUT2D eigenvalue weighted by Crippen LogP contribution is -1.55. The van der Waals surface area contributed by atoms with Gasteiger partial charge in [-0.15, -0.1) is 0 Å². The fraction of sp³-hybridized carbons (Fsp3) is 0. The summed E-state index contributed by atoms with van der Waals surface area (Å²) in [6.45, 7) is 0. The van der Waals surface area contributed by atoms with Crippen molar-refractivity contribution in [1.82, 2.24) is 0 Å². The summed E-state index contributed by atoms with van der Waals surface area (Å²) in [4.78, 5) is 0. The molecule has 0 amide bonds. The Bertz CT molecular complexity index is 172. The molecule has 0 bridgehead atoms. The highest BCUT2D eigenvalue weighted by atomic mass is 35.5. The third kappa shape index (κ3) is 1.20. The van der Waals surface area contributed by atoms with Crippen molar-refractivity contribution in [2.24, 2.45) is 0 Å². The molecule has 1 aromatic rings. The average molecular weight is 115 g/mol. The Morgan fingerprint density at radius 1 is 1.43 bits per heavy atom. The molecule has 0 heterocycles. The Kier molecular flexibility index (Phi) is 0.775. The van der Waals surface area contributed by atoms with E-state index in [9.17, 15) is 0 Å². The quantitative estimate of drug-likeness (QED) is 0.486. The molecule has 0 unspecified atom stereocenters. The van der Waals surface area contributed by atoms with Crippen molar-refractivity contribution < 1.29 is 2.74 Å². The molecule has 0 aliphatic carbocycles. The van der Waals surface area contributed by atoms with Gasteiger partial charge in [0, 0.05) is 5.02 Å². The molecule has 1 aromatic carbocycles. The zero-order valence-electron chi connectivity index (χ0n) is 5.61. The van der Waals surface area contributed by atoms with E-state index in [1.807, 2.05) is 0 Å². The summed E-state index contributed by atoms with van der Waals surface area (Å²) in [6, 6.07) is 5.01. The molecule has 0 radical (unpaired) electrons. The summed E-state index contributed by atoms with van der Waals surface area (Å²) in [5.41, 5.74) is 0. The Morgan fingerprint density at radius 3 is 2.43 bits per heavy atom. The average Bonchev–Trinajstić information content (AvgIpc) is 1.59. The van der Waals surface area contributed by atoms with Crippen molar-refractivity contribution in [1.29, 1.82) is 0 Å². The summed E-state index contributed by atoms with van der Waals surface area (Å²) in [7, 11) is 0. The van der Waals surface area contributed by atoms with Crippen LogP contribution in [0.15, 0.2) is 30.3 Å². The minimum atomic E-state index is 0.285. The van der Waals surface area contributed by atoms with Gasteiger partial charge in [0.15, 0.2) is 0 Å². The van der Waals surface area contributed by atoms with Crippen molar-refractivity contribution in [3.63, 3.8) is 0 Å². The molecule has 0 aliphatic rings. The molecule has 1 heteroatoms. The Balaban J connectivity index is 3.17. The van der Waals surface area contributed by atoms with E-state index in [1.165, 1.54) is 18.2 Å². The van der Waals surface area contributed by atoms with Crippen LogP contribution in [-0.4, -0.2) is 0 Å². The van der Waals surface area contributed by atoms with E-state index in [0.717, 1.165) is 0 Å². The lowest BCUT2D eigenvalue weighted by atomic mass is 10.4. The first-order chi connectivity index (χ1) is 4.18. The molecule has 0 fully saturated rings. The normalized spacial score (nSPS) is 12.7. The van der Waals surface area contributed by atoms with E-state index >= 15 is 0 Å². The highest BCUT2D eigenvalue weighted by Crippen LogP contribution is 2.03. The Labute approximate surface area is 50.5 Å². The van der Waals surface area contributed by atoms with Gasteiger partial charge < -0.3 is 0 Å². The first kappa shape index (κ1) is 2.73. The third-order valence-electron chi connectivity index (χ3n) is 0.609. The summed E-state index contributed by atoms with van der Waals surface area (Å²) >= 11 is 5.51.